The van der Waals surface area contributed by atoms with Crippen LogP contribution in [0.1, 0.15) is 70.1 Å². The average Bonchev–Trinajstić information content (AvgIpc) is 3.52. The van der Waals surface area contributed by atoms with Crippen LogP contribution in [0.15, 0.2) is 40.3 Å². The van der Waals surface area contributed by atoms with Gasteiger partial charge in [-0.2, -0.15) is 0 Å². The monoisotopic (exact) mass is 440 g/mol. The van der Waals surface area contributed by atoms with Crippen molar-refractivity contribution in [3.8, 4) is 0 Å². The number of piperidine rings is 1. The number of thiophene rings is 2. The zero-order valence-corrected chi connectivity index (χ0v) is 19.0. The molecular weight excluding hydrogens is 412 g/mol. The molecule has 0 unspecified atom stereocenters. The Bertz CT molecular complexity index is 983. The van der Waals surface area contributed by atoms with Crippen molar-refractivity contribution >= 4 is 33.6 Å². The summed E-state index contributed by atoms with van der Waals surface area (Å²) in [6, 6.07) is 8.13. The maximum Gasteiger partial charge on any atom is 0.291 e. The quantitative estimate of drug-likeness (QED) is 0.502. The Labute approximate surface area is 185 Å². The van der Waals surface area contributed by atoms with Crippen molar-refractivity contribution in [2.45, 2.75) is 51.5 Å². The first-order valence-corrected chi connectivity index (χ1v) is 12.7. The highest BCUT2D eigenvalue weighted by Gasteiger charge is 2.34. The Morgan fingerprint density at radius 1 is 1.20 bits per heavy atom. The third-order valence-corrected chi connectivity index (χ3v) is 8.60. The Hall–Kier alpha value is -1.89. The summed E-state index contributed by atoms with van der Waals surface area (Å²) >= 11 is 3.61. The van der Waals surface area contributed by atoms with Crippen LogP contribution in [0.4, 0.5) is 5.00 Å². The minimum Gasteiger partial charge on any atom is -0.459 e. The number of furan rings is 1. The fourth-order valence-corrected chi connectivity index (χ4v) is 6.97. The molecule has 1 aliphatic carbocycles. The summed E-state index contributed by atoms with van der Waals surface area (Å²) in [5.74, 6) is 1.00. The van der Waals surface area contributed by atoms with Gasteiger partial charge in [-0.25, -0.2) is 0 Å². The first kappa shape index (κ1) is 20.0. The van der Waals surface area contributed by atoms with Crippen molar-refractivity contribution in [1.29, 1.82) is 0 Å². The normalized spacial score (nSPS) is 18.8. The number of carbonyl (C=O) groups excluding carboxylic acids is 1. The maximum atomic E-state index is 12.9. The van der Waals surface area contributed by atoms with Crippen LogP contribution < -0.4 is 5.32 Å². The lowest BCUT2D eigenvalue weighted by Gasteiger charge is -2.37. The summed E-state index contributed by atoms with van der Waals surface area (Å²) < 4.78 is 5.35. The van der Waals surface area contributed by atoms with Crippen molar-refractivity contribution in [2.24, 2.45) is 5.92 Å². The topological polar surface area (TPSA) is 45.5 Å². The first-order chi connectivity index (χ1) is 14.7. The van der Waals surface area contributed by atoms with E-state index in [2.05, 4.69) is 34.7 Å². The molecule has 0 spiro atoms. The van der Waals surface area contributed by atoms with Crippen LogP contribution in [0.5, 0.6) is 0 Å². The average molecular weight is 441 g/mol. The van der Waals surface area contributed by atoms with Gasteiger partial charge < -0.3 is 9.73 Å². The largest absolute Gasteiger partial charge is 0.459 e. The second-order valence-corrected chi connectivity index (χ2v) is 10.6. The van der Waals surface area contributed by atoms with E-state index < -0.39 is 0 Å². The lowest BCUT2D eigenvalue weighted by molar-refractivity contribution is 0.0996. The second-order valence-electron chi connectivity index (χ2n) is 8.52. The third-order valence-electron chi connectivity index (χ3n) is 6.45. The number of hydrogen-bond donors (Lipinski definition) is 1. The summed E-state index contributed by atoms with van der Waals surface area (Å²) in [4.78, 5) is 18.3. The number of likely N-dealkylation sites (tertiary alicyclic amines) is 1. The Kier molecular flexibility index (Phi) is 5.81. The third kappa shape index (κ3) is 3.88. The van der Waals surface area contributed by atoms with Gasteiger partial charge in [-0.3, -0.25) is 9.69 Å². The molecule has 6 heteroatoms. The van der Waals surface area contributed by atoms with Crippen LogP contribution in [-0.4, -0.2) is 23.9 Å². The fourth-order valence-electron chi connectivity index (χ4n) is 4.78. The molecule has 3 aromatic heterocycles. The van der Waals surface area contributed by atoms with Gasteiger partial charge in [0, 0.05) is 15.3 Å². The predicted molar refractivity (Wildman–Crippen MR) is 124 cm³/mol. The lowest BCUT2D eigenvalue weighted by Crippen LogP contribution is -2.37. The van der Waals surface area contributed by atoms with Crippen LogP contribution >= 0.6 is 22.7 Å². The van der Waals surface area contributed by atoms with Crippen LogP contribution in [0.25, 0.3) is 0 Å². The number of nitrogens with zero attached hydrogens (tertiary/aromatic N) is 1. The van der Waals surface area contributed by atoms with Gasteiger partial charge in [0.2, 0.25) is 0 Å². The van der Waals surface area contributed by atoms with E-state index in [0.717, 1.165) is 36.9 Å². The molecule has 158 valence electrons. The van der Waals surface area contributed by atoms with Gasteiger partial charge in [-0.15, -0.1) is 22.7 Å². The predicted octanol–water partition coefficient (Wildman–Crippen LogP) is 6.36. The molecule has 4 heterocycles. The summed E-state index contributed by atoms with van der Waals surface area (Å²) in [5, 5.41) is 6.41. The molecule has 0 aromatic carbocycles. The molecule has 1 aliphatic heterocycles. The number of fused-ring (bicyclic) bond motifs is 1. The second kappa shape index (κ2) is 8.69. The minimum absolute atomic E-state index is 0.156. The number of anilines is 1. The molecule has 1 saturated heterocycles. The highest BCUT2D eigenvalue weighted by molar-refractivity contribution is 7.16. The zero-order chi connectivity index (χ0) is 20.5. The van der Waals surface area contributed by atoms with Crippen molar-refractivity contribution in [3.63, 3.8) is 0 Å². The Morgan fingerprint density at radius 2 is 2.03 bits per heavy atom. The smallest absolute Gasteiger partial charge is 0.291 e. The zero-order valence-electron chi connectivity index (χ0n) is 17.4. The van der Waals surface area contributed by atoms with E-state index in [1.165, 1.54) is 46.6 Å². The van der Waals surface area contributed by atoms with E-state index in [4.69, 9.17) is 4.42 Å². The molecule has 1 amide bonds. The van der Waals surface area contributed by atoms with Gasteiger partial charge >= 0.3 is 0 Å². The molecule has 1 fully saturated rings. The molecule has 1 N–H and O–H groups in total. The van der Waals surface area contributed by atoms with Crippen LogP contribution in [0, 0.1) is 5.92 Å². The summed E-state index contributed by atoms with van der Waals surface area (Å²) in [6.45, 7) is 4.58. The van der Waals surface area contributed by atoms with Crippen LogP contribution in [0.3, 0.4) is 0 Å². The molecule has 3 aromatic rings. The number of amides is 1. The molecule has 5 rings (SSSR count). The number of rotatable bonds is 5. The molecule has 0 saturated carbocycles. The highest BCUT2D eigenvalue weighted by atomic mass is 32.1. The summed E-state index contributed by atoms with van der Waals surface area (Å²) in [6.07, 6.45) is 8.74. The Balaban J connectivity index is 1.57. The van der Waals surface area contributed by atoms with Gasteiger partial charge in [0.15, 0.2) is 5.76 Å². The molecule has 1 atom stereocenters. The van der Waals surface area contributed by atoms with Gasteiger partial charge in [-0.1, -0.05) is 13.0 Å². The maximum absolute atomic E-state index is 12.9. The molecule has 0 radical (unpaired) electrons. The van der Waals surface area contributed by atoms with Gasteiger partial charge in [0.05, 0.1) is 12.3 Å². The van der Waals surface area contributed by atoms with Gasteiger partial charge in [0.1, 0.15) is 5.00 Å². The molecule has 0 bridgehead atoms. The fraction of sp³-hybridized carbons (Fsp3) is 0.458. The molecule has 4 nitrogen and oxygen atoms in total. The van der Waals surface area contributed by atoms with E-state index in [1.807, 2.05) is 11.3 Å². The summed E-state index contributed by atoms with van der Waals surface area (Å²) in [7, 11) is 0. The van der Waals surface area contributed by atoms with Crippen LogP contribution in [0.2, 0.25) is 0 Å². The van der Waals surface area contributed by atoms with E-state index in [1.54, 1.807) is 29.7 Å². The van der Waals surface area contributed by atoms with Crippen molar-refractivity contribution < 1.29 is 9.21 Å². The highest BCUT2D eigenvalue weighted by Crippen LogP contribution is 2.47. The minimum atomic E-state index is -0.156. The van der Waals surface area contributed by atoms with Crippen molar-refractivity contribution in [2.75, 3.05) is 18.4 Å². The van der Waals surface area contributed by atoms with Gasteiger partial charge in [-0.05, 0) is 86.7 Å². The van der Waals surface area contributed by atoms with Crippen molar-refractivity contribution in [1.82, 2.24) is 4.90 Å². The number of hydrogen-bond acceptors (Lipinski definition) is 5. The standard InChI is InChI=1S/C24H28N2O2S2/c1-16-10-12-26(13-11-16)22(20-9-5-15-29-20)21-17-6-2-3-8-19(17)30-24(21)25-23(27)18-7-4-14-28-18/h4-5,7,9,14-16,22H,2-3,6,8,10-13H2,1H3,(H,25,27)/t22-/m1/s1. The lowest BCUT2D eigenvalue weighted by atomic mass is 9.89. The number of nitrogens with one attached hydrogen (secondary N) is 1. The van der Waals surface area contributed by atoms with E-state index in [-0.39, 0.29) is 11.9 Å². The SMILES string of the molecule is CC1CCN([C@H](c2cccs2)c2c(NC(=O)c3ccco3)sc3c2CCCC3)CC1. The van der Waals surface area contributed by atoms with Crippen molar-refractivity contribution in [3.05, 3.63) is 62.6 Å². The first-order valence-electron chi connectivity index (χ1n) is 11.0. The molecule has 30 heavy (non-hydrogen) atoms. The van der Waals surface area contributed by atoms with E-state index >= 15 is 0 Å². The van der Waals surface area contributed by atoms with E-state index in [0.29, 0.717) is 5.76 Å². The Morgan fingerprint density at radius 3 is 2.77 bits per heavy atom. The van der Waals surface area contributed by atoms with Crippen LogP contribution in [-0.2, 0) is 12.8 Å². The number of aryl methyl sites for hydroxylation is 1. The van der Waals surface area contributed by atoms with E-state index in [9.17, 15) is 4.79 Å². The molecule has 2 aliphatic rings. The van der Waals surface area contributed by atoms with Gasteiger partial charge in [0.25, 0.3) is 5.91 Å². The summed E-state index contributed by atoms with van der Waals surface area (Å²) in [5.41, 5.74) is 2.82. The number of carbonyl (C=O) groups is 1. The molecular formula is C24H28N2O2S2.